The highest BCUT2D eigenvalue weighted by Crippen LogP contribution is 2.27. The van der Waals surface area contributed by atoms with E-state index in [-0.39, 0.29) is 0 Å². The van der Waals surface area contributed by atoms with Gasteiger partial charge >= 0.3 is 0 Å². The molecule has 0 fully saturated rings. The summed E-state index contributed by atoms with van der Waals surface area (Å²) in [6.45, 7) is 2.72. The van der Waals surface area contributed by atoms with Crippen LogP contribution in [0.15, 0.2) is 48.7 Å². The number of halogens is 2. The molecule has 7 heteroatoms. The summed E-state index contributed by atoms with van der Waals surface area (Å²) in [6.07, 6.45) is 1.57. The van der Waals surface area contributed by atoms with Crippen molar-refractivity contribution in [1.29, 1.82) is 0 Å². The van der Waals surface area contributed by atoms with Gasteiger partial charge in [-0.25, -0.2) is 0 Å². The number of hydrogen-bond acceptors (Lipinski definition) is 5. The van der Waals surface area contributed by atoms with E-state index in [0.717, 1.165) is 0 Å². The Labute approximate surface area is 150 Å². The molecule has 122 valence electrons. The van der Waals surface area contributed by atoms with Crippen molar-refractivity contribution < 1.29 is 0 Å². The van der Waals surface area contributed by atoms with Crippen molar-refractivity contribution in [3.63, 3.8) is 0 Å². The Morgan fingerprint density at radius 3 is 2.75 bits per heavy atom. The van der Waals surface area contributed by atoms with Crippen LogP contribution in [0.5, 0.6) is 0 Å². The lowest BCUT2D eigenvalue weighted by Gasteiger charge is -2.09. The molecular weight excluding hydrogens is 345 g/mol. The lowest BCUT2D eigenvalue weighted by Crippen LogP contribution is -2.06. The summed E-state index contributed by atoms with van der Waals surface area (Å²) >= 11 is 12.0. The average molecular weight is 360 g/mol. The summed E-state index contributed by atoms with van der Waals surface area (Å²) in [4.78, 5) is 4.38. The fraction of sp³-hybridized carbons (Fsp3) is 0.118. The van der Waals surface area contributed by atoms with E-state index in [1.54, 1.807) is 24.4 Å². The van der Waals surface area contributed by atoms with Gasteiger partial charge in [-0.3, -0.25) is 0 Å². The predicted octanol–water partition coefficient (Wildman–Crippen LogP) is 4.84. The van der Waals surface area contributed by atoms with Crippen LogP contribution in [0.25, 0.3) is 0 Å². The first-order valence-corrected chi connectivity index (χ1v) is 8.07. The number of aryl methyl sites for hydroxylation is 1. The molecule has 0 aliphatic heterocycles. The van der Waals surface area contributed by atoms with E-state index in [4.69, 9.17) is 23.2 Å². The zero-order valence-corrected chi connectivity index (χ0v) is 14.4. The first-order chi connectivity index (χ1) is 11.6. The molecule has 3 aromatic rings. The van der Waals surface area contributed by atoms with Gasteiger partial charge in [0.25, 0.3) is 0 Å². The standard InChI is InChI=1S/C17H15Cl2N5/c1-11-3-2-4-12(7-11)9-20-16-10-21-24-17(23-16)22-15-6-5-13(18)8-14(15)19/h2-8,10H,9H2,1H3,(H2,20,22,23,24). The molecule has 24 heavy (non-hydrogen) atoms. The number of benzene rings is 2. The van der Waals surface area contributed by atoms with Crippen molar-refractivity contribution in [2.75, 3.05) is 10.6 Å². The summed E-state index contributed by atoms with van der Waals surface area (Å²) in [5, 5.41) is 15.2. The van der Waals surface area contributed by atoms with E-state index < -0.39 is 0 Å². The maximum Gasteiger partial charge on any atom is 0.249 e. The van der Waals surface area contributed by atoms with Crippen LogP contribution in [0, 0.1) is 6.92 Å². The van der Waals surface area contributed by atoms with Gasteiger partial charge in [-0.15, -0.1) is 5.10 Å². The van der Waals surface area contributed by atoms with Crippen molar-refractivity contribution >= 4 is 40.7 Å². The van der Waals surface area contributed by atoms with Gasteiger partial charge < -0.3 is 10.6 Å². The molecule has 2 N–H and O–H groups in total. The molecule has 5 nitrogen and oxygen atoms in total. The monoisotopic (exact) mass is 359 g/mol. The van der Waals surface area contributed by atoms with Crippen molar-refractivity contribution in [2.24, 2.45) is 0 Å². The number of hydrogen-bond donors (Lipinski definition) is 2. The zero-order valence-electron chi connectivity index (χ0n) is 12.9. The summed E-state index contributed by atoms with van der Waals surface area (Å²) in [6, 6.07) is 13.4. The Bertz CT molecular complexity index is 854. The minimum atomic E-state index is 0.355. The highest BCUT2D eigenvalue weighted by molar-refractivity contribution is 6.36. The summed E-state index contributed by atoms with van der Waals surface area (Å²) in [7, 11) is 0. The third-order valence-electron chi connectivity index (χ3n) is 3.29. The Hall–Kier alpha value is -2.37. The maximum absolute atomic E-state index is 6.14. The smallest absolute Gasteiger partial charge is 0.249 e. The van der Waals surface area contributed by atoms with Crippen LogP contribution in [0.2, 0.25) is 10.0 Å². The largest absolute Gasteiger partial charge is 0.365 e. The normalized spacial score (nSPS) is 10.5. The molecule has 1 aromatic heterocycles. The van der Waals surface area contributed by atoms with Crippen molar-refractivity contribution in [1.82, 2.24) is 15.2 Å². The zero-order chi connectivity index (χ0) is 16.9. The Kier molecular flexibility index (Phi) is 5.13. The SMILES string of the molecule is Cc1cccc(CNc2cnnc(Nc3ccc(Cl)cc3Cl)n2)c1. The summed E-state index contributed by atoms with van der Waals surface area (Å²) < 4.78 is 0. The van der Waals surface area contributed by atoms with E-state index in [9.17, 15) is 0 Å². The Morgan fingerprint density at radius 1 is 1.08 bits per heavy atom. The summed E-state index contributed by atoms with van der Waals surface area (Å²) in [5.41, 5.74) is 3.05. The van der Waals surface area contributed by atoms with Gasteiger partial charge in [0.15, 0.2) is 5.82 Å². The van der Waals surface area contributed by atoms with E-state index >= 15 is 0 Å². The first-order valence-electron chi connectivity index (χ1n) is 7.31. The minimum Gasteiger partial charge on any atom is -0.365 e. The molecule has 0 radical (unpaired) electrons. The summed E-state index contributed by atoms with van der Waals surface area (Å²) in [5.74, 6) is 0.979. The van der Waals surface area contributed by atoms with Crippen LogP contribution in [0.1, 0.15) is 11.1 Å². The molecule has 0 aliphatic rings. The molecule has 2 aromatic carbocycles. The fourth-order valence-electron chi connectivity index (χ4n) is 2.17. The molecule has 0 unspecified atom stereocenters. The Morgan fingerprint density at radius 2 is 1.96 bits per heavy atom. The van der Waals surface area contributed by atoms with Crippen LogP contribution < -0.4 is 10.6 Å². The maximum atomic E-state index is 6.14. The first kappa shape index (κ1) is 16.5. The van der Waals surface area contributed by atoms with E-state index in [2.05, 4.69) is 50.9 Å². The van der Waals surface area contributed by atoms with E-state index in [1.807, 2.05) is 6.07 Å². The van der Waals surface area contributed by atoms with Gasteiger partial charge in [-0.1, -0.05) is 53.0 Å². The second-order valence-corrected chi connectivity index (χ2v) is 6.10. The van der Waals surface area contributed by atoms with Gasteiger partial charge in [0.1, 0.15) is 0 Å². The molecule has 0 bridgehead atoms. The number of nitrogens with one attached hydrogen (secondary N) is 2. The number of nitrogens with zero attached hydrogens (tertiary/aromatic N) is 3. The molecule has 3 rings (SSSR count). The highest BCUT2D eigenvalue weighted by atomic mass is 35.5. The van der Waals surface area contributed by atoms with Crippen LogP contribution in [-0.2, 0) is 6.54 Å². The molecule has 0 aliphatic carbocycles. The third kappa shape index (κ3) is 4.34. The molecule has 0 saturated heterocycles. The molecular formula is C17H15Cl2N5. The van der Waals surface area contributed by atoms with Crippen molar-refractivity contribution in [3.05, 3.63) is 69.8 Å². The van der Waals surface area contributed by atoms with Crippen molar-refractivity contribution in [2.45, 2.75) is 13.5 Å². The van der Waals surface area contributed by atoms with Gasteiger partial charge in [-0.05, 0) is 30.7 Å². The predicted molar refractivity (Wildman–Crippen MR) is 98.1 cm³/mol. The van der Waals surface area contributed by atoms with Crippen LogP contribution in [0.4, 0.5) is 17.5 Å². The quantitative estimate of drug-likeness (QED) is 0.682. The molecule has 0 amide bonds. The number of anilines is 3. The average Bonchev–Trinajstić information content (AvgIpc) is 2.56. The topological polar surface area (TPSA) is 62.7 Å². The van der Waals surface area contributed by atoms with Gasteiger partial charge in [0.05, 0.1) is 16.9 Å². The number of aromatic nitrogens is 3. The van der Waals surface area contributed by atoms with E-state index in [0.29, 0.717) is 34.0 Å². The van der Waals surface area contributed by atoms with Crippen LogP contribution in [-0.4, -0.2) is 15.2 Å². The van der Waals surface area contributed by atoms with Gasteiger partial charge in [0.2, 0.25) is 5.95 Å². The molecule has 0 saturated carbocycles. The van der Waals surface area contributed by atoms with Gasteiger partial charge in [-0.2, -0.15) is 10.1 Å². The minimum absolute atomic E-state index is 0.355. The third-order valence-corrected chi connectivity index (χ3v) is 3.84. The number of rotatable bonds is 5. The van der Waals surface area contributed by atoms with E-state index in [1.165, 1.54) is 11.1 Å². The van der Waals surface area contributed by atoms with Crippen LogP contribution in [0.3, 0.4) is 0 Å². The lowest BCUT2D eigenvalue weighted by atomic mass is 10.1. The fourth-order valence-corrected chi connectivity index (χ4v) is 2.62. The second-order valence-electron chi connectivity index (χ2n) is 5.26. The lowest BCUT2D eigenvalue weighted by molar-refractivity contribution is 0.965. The molecule has 0 spiro atoms. The molecule has 0 atom stereocenters. The van der Waals surface area contributed by atoms with Gasteiger partial charge in [0, 0.05) is 11.6 Å². The highest BCUT2D eigenvalue weighted by Gasteiger charge is 2.05. The second kappa shape index (κ2) is 7.47. The van der Waals surface area contributed by atoms with Crippen molar-refractivity contribution in [3.8, 4) is 0 Å². The Balaban J connectivity index is 1.69. The molecule has 1 heterocycles. The van der Waals surface area contributed by atoms with Crippen LogP contribution >= 0.6 is 23.2 Å².